The lowest BCUT2D eigenvalue weighted by molar-refractivity contribution is -0.121. The average Bonchev–Trinajstić information content (AvgIpc) is 2.75. The van der Waals surface area contributed by atoms with E-state index in [4.69, 9.17) is 5.73 Å². The smallest absolute Gasteiger partial charge is 0.222 e. The summed E-state index contributed by atoms with van der Waals surface area (Å²) in [7, 11) is 1.73. The van der Waals surface area contributed by atoms with E-state index in [2.05, 4.69) is 25.1 Å². The van der Waals surface area contributed by atoms with Crippen LogP contribution in [0.3, 0.4) is 0 Å². The number of carbonyl (C=O) groups excluding carboxylic acids is 1. The Balaban J connectivity index is 1.53. The second kappa shape index (κ2) is 9.86. The second-order valence-electron chi connectivity index (χ2n) is 7.02. The van der Waals surface area contributed by atoms with Crippen molar-refractivity contribution in [2.45, 2.75) is 6.42 Å². The molecule has 154 valence electrons. The number of nitrogens with two attached hydrogens (primary N) is 1. The van der Waals surface area contributed by atoms with Crippen molar-refractivity contribution < 1.29 is 9.18 Å². The Bertz CT molecular complexity index is 819. The number of rotatable bonds is 6. The molecule has 1 aromatic carbocycles. The van der Waals surface area contributed by atoms with Gasteiger partial charge in [0.05, 0.1) is 5.92 Å². The Labute approximate surface area is 170 Å². The van der Waals surface area contributed by atoms with Gasteiger partial charge in [-0.3, -0.25) is 9.79 Å². The van der Waals surface area contributed by atoms with Crippen molar-refractivity contribution in [1.82, 2.24) is 15.2 Å². The molecule has 2 aromatic rings. The number of nitrogens with zero attached hydrogens (tertiary/aromatic N) is 4. The average molecular weight is 398 g/mol. The van der Waals surface area contributed by atoms with Gasteiger partial charge in [-0.05, 0) is 36.2 Å². The first-order valence-electron chi connectivity index (χ1n) is 9.72. The summed E-state index contributed by atoms with van der Waals surface area (Å²) < 4.78 is 13.1. The van der Waals surface area contributed by atoms with Gasteiger partial charge in [0.25, 0.3) is 0 Å². The molecular formula is C21H27FN6O. The van der Waals surface area contributed by atoms with Gasteiger partial charge < -0.3 is 20.9 Å². The molecule has 1 aliphatic rings. The van der Waals surface area contributed by atoms with Crippen molar-refractivity contribution in [3.8, 4) is 0 Å². The first kappa shape index (κ1) is 20.6. The molecule has 1 aliphatic heterocycles. The number of hydrogen-bond acceptors (Lipinski definition) is 4. The number of primary amides is 1. The summed E-state index contributed by atoms with van der Waals surface area (Å²) in [5.74, 6) is 0.622. The van der Waals surface area contributed by atoms with Crippen LogP contribution in [-0.2, 0) is 11.2 Å². The third kappa shape index (κ3) is 5.66. The number of hydrogen-bond donors (Lipinski definition) is 2. The van der Waals surface area contributed by atoms with Crippen molar-refractivity contribution in [3.05, 3.63) is 60.0 Å². The molecule has 3 rings (SSSR count). The van der Waals surface area contributed by atoms with E-state index in [1.807, 2.05) is 18.2 Å². The Morgan fingerprint density at radius 3 is 2.52 bits per heavy atom. The van der Waals surface area contributed by atoms with Crippen LogP contribution in [0, 0.1) is 11.7 Å². The number of anilines is 1. The molecule has 3 N–H and O–H groups in total. The van der Waals surface area contributed by atoms with Crippen LogP contribution in [-0.4, -0.2) is 61.5 Å². The monoisotopic (exact) mass is 398 g/mol. The lowest BCUT2D eigenvalue weighted by Gasteiger charge is -2.37. The number of nitrogens with one attached hydrogen (secondary N) is 1. The summed E-state index contributed by atoms with van der Waals surface area (Å²) in [4.78, 5) is 25.0. The van der Waals surface area contributed by atoms with Gasteiger partial charge in [0.15, 0.2) is 5.96 Å². The van der Waals surface area contributed by atoms with Gasteiger partial charge in [-0.25, -0.2) is 9.37 Å². The van der Waals surface area contributed by atoms with E-state index in [-0.39, 0.29) is 5.82 Å². The molecule has 1 fully saturated rings. The SMILES string of the molecule is CN=C(NCC(Cc1ccc(F)cc1)C(N)=O)N1CCN(c2ccccn2)CC1. The summed E-state index contributed by atoms with van der Waals surface area (Å²) in [5.41, 5.74) is 6.45. The fourth-order valence-electron chi connectivity index (χ4n) is 3.41. The Morgan fingerprint density at radius 1 is 1.21 bits per heavy atom. The van der Waals surface area contributed by atoms with E-state index in [9.17, 15) is 9.18 Å². The third-order valence-corrected chi connectivity index (χ3v) is 5.07. The van der Waals surface area contributed by atoms with E-state index in [1.54, 1.807) is 25.4 Å². The molecule has 2 heterocycles. The maximum absolute atomic E-state index is 13.1. The number of amides is 1. The van der Waals surface area contributed by atoms with Crippen LogP contribution in [0.15, 0.2) is 53.7 Å². The molecule has 1 unspecified atom stereocenters. The quantitative estimate of drug-likeness (QED) is 0.565. The fourth-order valence-corrected chi connectivity index (χ4v) is 3.41. The van der Waals surface area contributed by atoms with Crippen LogP contribution < -0.4 is 16.0 Å². The van der Waals surface area contributed by atoms with Crippen LogP contribution in [0.1, 0.15) is 5.56 Å². The maximum atomic E-state index is 13.1. The van der Waals surface area contributed by atoms with Crippen molar-refractivity contribution >= 4 is 17.7 Å². The molecule has 1 saturated heterocycles. The van der Waals surface area contributed by atoms with E-state index < -0.39 is 11.8 Å². The molecule has 1 amide bonds. The van der Waals surface area contributed by atoms with E-state index in [0.717, 1.165) is 43.5 Å². The largest absolute Gasteiger partial charge is 0.369 e. The van der Waals surface area contributed by atoms with Crippen LogP contribution in [0.25, 0.3) is 0 Å². The van der Waals surface area contributed by atoms with Crippen molar-refractivity contribution in [2.24, 2.45) is 16.6 Å². The summed E-state index contributed by atoms with van der Waals surface area (Å²) >= 11 is 0. The number of guanidine groups is 1. The molecule has 0 saturated carbocycles. The molecule has 7 nitrogen and oxygen atoms in total. The van der Waals surface area contributed by atoms with Gasteiger partial charge in [0.2, 0.25) is 5.91 Å². The summed E-state index contributed by atoms with van der Waals surface area (Å²) in [5, 5.41) is 3.27. The van der Waals surface area contributed by atoms with Crippen LogP contribution in [0.5, 0.6) is 0 Å². The highest BCUT2D eigenvalue weighted by atomic mass is 19.1. The number of halogens is 1. The Kier molecular flexibility index (Phi) is 6.99. The van der Waals surface area contributed by atoms with Gasteiger partial charge >= 0.3 is 0 Å². The molecule has 1 aromatic heterocycles. The molecule has 0 spiro atoms. The van der Waals surface area contributed by atoms with Crippen molar-refractivity contribution in [1.29, 1.82) is 0 Å². The van der Waals surface area contributed by atoms with E-state index in [0.29, 0.717) is 13.0 Å². The summed E-state index contributed by atoms with van der Waals surface area (Å²) in [6.45, 7) is 3.66. The normalized spacial score (nSPS) is 15.9. The zero-order chi connectivity index (χ0) is 20.6. The summed E-state index contributed by atoms with van der Waals surface area (Å²) in [6.07, 6.45) is 2.25. The van der Waals surface area contributed by atoms with Gasteiger partial charge in [-0.2, -0.15) is 0 Å². The molecule has 0 radical (unpaired) electrons. The predicted octanol–water partition coefficient (Wildman–Crippen LogP) is 1.26. The van der Waals surface area contributed by atoms with Crippen LogP contribution >= 0.6 is 0 Å². The minimum atomic E-state index is -0.410. The highest BCUT2D eigenvalue weighted by molar-refractivity contribution is 5.82. The lowest BCUT2D eigenvalue weighted by Crippen LogP contribution is -2.53. The first-order chi connectivity index (χ1) is 14.1. The number of benzene rings is 1. The summed E-state index contributed by atoms with van der Waals surface area (Å²) in [6, 6.07) is 12.0. The topological polar surface area (TPSA) is 86.8 Å². The predicted molar refractivity (Wildman–Crippen MR) is 112 cm³/mol. The zero-order valence-corrected chi connectivity index (χ0v) is 16.6. The number of aliphatic imine (C=N–C) groups is 1. The van der Waals surface area contributed by atoms with Gasteiger partial charge in [0, 0.05) is 46.0 Å². The highest BCUT2D eigenvalue weighted by Crippen LogP contribution is 2.13. The van der Waals surface area contributed by atoms with E-state index >= 15 is 0 Å². The number of aromatic nitrogens is 1. The van der Waals surface area contributed by atoms with E-state index in [1.165, 1.54) is 12.1 Å². The maximum Gasteiger partial charge on any atom is 0.222 e. The third-order valence-electron chi connectivity index (χ3n) is 5.07. The zero-order valence-electron chi connectivity index (χ0n) is 16.6. The van der Waals surface area contributed by atoms with Crippen molar-refractivity contribution in [2.75, 3.05) is 44.7 Å². The molecule has 8 heteroatoms. The highest BCUT2D eigenvalue weighted by Gasteiger charge is 2.22. The van der Waals surface area contributed by atoms with Gasteiger partial charge in [0.1, 0.15) is 11.6 Å². The second-order valence-corrected chi connectivity index (χ2v) is 7.02. The minimum absolute atomic E-state index is 0.298. The van der Waals surface area contributed by atoms with Crippen LogP contribution in [0.4, 0.5) is 10.2 Å². The molecule has 0 aliphatic carbocycles. The van der Waals surface area contributed by atoms with Crippen molar-refractivity contribution in [3.63, 3.8) is 0 Å². The minimum Gasteiger partial charge on any atom is -0.369 e. The lowest BCUT2D eigenvalue weighted by atomic mass is 9.98. The standard InChI is InChI=1S/C21H27FN6O/c1-24-21(28-12-10-27(11-13-28)19-4-2-3-9-25-19)26-15-17(20(23)29)14-16-5-7-18(22)8-6-16/h2-9,17H,10-15H2,1H3,(H2,23,29)(H,24,26). The first-order valence-corrected chi connectivity index (χ1v) is 9.72. The van der Waals surface area contributed by atoms with Crippen LogP contribution in [0.2, 0.25) is 0 Å². The number of piperazine rings is 1. The molecular weight excluding hydrogens is 371 g/mol. The molecule has 1 atom stereocenters. The Hall–Kier alpha value is -3.16. The number of carbonyl (C=O) groups is 1. The van der Waals surface area contributed by atoms with Gasteiger partial charge in [-0.15, -0.1) is 0 Å². The molecule has 29 heavy (non-hydrogen) atoms. The Morgan fingerprint density at radius 2 is 1.93 bits per heavy atom. The number of pyridine rings is 1. The fraction of sp³-hybridized carbons (Fsp3) is 0.381. The van der Waals surface area contributed by atoms with Gasteiger partial charge in [-0.1, -0.05) is 18.2 Å². The molecule has 0 bridgehead atoms.